The molecule has 3 aromatic rings. The number of likely N-dealkylation sites (N-methyl/N-ethyl adjacent to an activating group) is 1. The number of benzene rings is 1. The predicted molar refractivity (Wildman–Crippen MR) is 119 cm³/mol. The van der Waals surface area contributed by atoms with Crippen LogP contribution in [0.2, 0.25) is 0 Å². The average Bonchev–Trinajstić information content (AvgIpc) is 3.33. The molecule has 2 aromatic heterocycles. The molecular weight excluding hydrogens is 378 g/mol. The molecule has 158 valence electrons. The zero-order valence-electron chi connectivity index (χ0n) is 17.6. The topological polar surface area (TPSA) is 82.2 Å². The molecule has 0 saturated carbocycles. The molecule has 0 spiro atoms. The molecule has 0 atom stereocenters. The van der Waals surface area contributed by atoms with Gasteiger partial charge in [0.2, 0.25) is 5.95 Å². The van der Waals surface area contributed by atoms with Gasteiger partial charge in [-0.25, -0.2) is 15.0 Å². The summed E-state index contributed by atoms with van der Waals surface area (Å²) in [5.41, 5.74) is 2.70. The fraction of sp³-hybridized carbons (Fsp3) is 0.409. The quantitative estimate of drug-likeness (QED) is 0.556. The van der Waals surface area contributed by atoms with E-state index >= 15 is 0 Å². The van der Waals surface area contributed by atoms with Gasteiger partial charge in [0, 0.05) is 56.9 Å². The molecule has 1 fully saturated rings. The number of rotatable bonds is 8. The summed E-state index contributed by atoms with van der Waals surface area (Å²) in [6.45, 7) is 6.52. The van der Waals surface area contributed by atoms with Gasteiger partial charge in [0.1, 0.15) is 11.6 Å². The highest BCUT2D eigenvalue weighted by atomic mass is 16.5. The van der Waals surface area contributed by atoms with Gasteiger partial charge in [-0.15, -0.1) is 0 Å². The monoisotopic (exact) mass is 407 g/mol. The third-order valence-electron chi connectivity index (χ3n) is 5.44. The van der Waals surface area contributed by atoms with Crippen LogP contribution in [0.3, 0.4) is 0 Å². The molecule has 2 N–H and O–H groups in total. The Kier molecular flexibility index (Phi) is 6.56. The maximum atomic E-state index is 5.28. The highest BCUT2D eigenvalue weighted by Gasteiger charge is 2.15. The second kappa shape index (κ2) is 9.69. The second-order valence-corrected chi connectivity index (χ2v) is 7.55. The van der Waals surface area contributed by atoms with E-state index in [9.17, 15) is 0 Å². The van der Waals surface area contributed by atoms with Crippen molar-refractivity contribution in [1.82, 2.24) is 29.7 Å². The van der Waals surface area contributed by atoms with Gasteiger partial charge in [0.15, 0.2) is 0 Å². The molecule has 0 aliphatic carbocycles. The zero-order valence-corrected chi connectivity index (χ0v) is 17.6. The van der Waals surface area contributed by atoms with E-state index in [4.69, 9.17) is 9.72 Å². The minimum absolute atomic E-state index is 0.634. The normalized spacial score (nSPS) is 15.3. The van der Waals surface area contributed by atoms with Crippen LogP contribution >= 0.6 is 0 Å². The first-order valence-electron chi connectivity index (χ1n) is 10.4. The average molecular weight is 408 g/mol. The van der Waals surface area contributed by atoms with Crippen molar-refractivity contribution in [2.45, 2.75) is 6.42 Å². The van der Waals surface area contributed by atoms with Crippen molar-refractivity contribution < 1.29 is 4.74 Å². The van der Waals surface area contributed by atoms with Gasteiger partial charge >= 0.3 is 0 Å². The Morgan fingerprint density at radius 1 is 1.10 bits per heavy atom. The maximum absolute atomic E-state index is 5.28. The molecular formula is C22H29N7O. The van der Waals surface area contributed by atoms with Crippen molar-refractivity contribution in [3.05, 3.63) is 42.9 Å². The first kappa shape index (κ1) is 20.3. The Morgan fingerprint density at radius 2 is 1.90 bits per heavy atom. The highest BCUT2D eigenvalue weighted by Crippen LogP contribution is 2.30. The van der Waals surface area contributed by atoms with Crippen molar-refractivity contribution >= 4 is 5.95 Å². The number of H-pyrrole nitrogens is 1. The van der Waals surface area contributed by atoms with Gasteiger partial charge in [-0.2, -0.15) is 0 Å². The number of hydrogen-bond acceptors (Lipinski definition) is 7. The van der Waals surface area contributed by atoms with Gasteiger partial charge in [-0.05, 0) is 44.3 Å². The van der Waals surface area contributed by atoms with Crippen molar-refractivity contribution in [2.75, 3.05) is 58.7 Å². The third-order valence-corrected chi connectivity index (χ3v) is 5.44. The van der Waals surface area contributed by atoms with Gasteiger partial charge < -0.3 is 24.8 Å². The molecule has 1 saturated heterocycles. The fourth-order valence-electron chi connectivity index (χ4n) is 3.60. The lowest BCUT2D eigenvalue weighted by molar-refractivity contribution is 0.154. The molecule has 1 aliphatic rings. The molecule has 8 nitrogen and oxygen atoms in total. The summed E-state index contributed by atoms with van der Waals surface area (Å²) in [7, 11) is 3.85. The smallest absolute Gasteiger partial charge is 0.223 e. The lowest BCUT2D eigenvalue weighted by Crippen LogP contribution is -2.44. The molecule has 0 bridgehead atoms. The van der Waals surface area contributed by atoms with E-state index in [0.717, 1.165) is 74.1 Å². The molecule has 0 unspecified atom stereocenters. The van der Waals surface area contributed by atoms with Crippen LogP contribution < -0.4 is 10.1 Å². The predicted octanol–water partition coefficient (Wildman–Crippen LogP) is 2.59. The highest BCUT2D eigenvalue weighted by molar-refractivity contribution is 5.77. The van der Waals surface area contributed by atoms with Crippen LogP contribution in [0.4, 0.5) is 5.95 Å². The number of piperazine rings is 1. The van der Waals surface area contributed by atoms with Crippen LogP contribution in [-0.2, 0) is 0 Å². The molecule has 1 aliphatic heterocycles. The molecule has 3 heterocycles. The summed E-state index contributed by atoms with van der Waals surface area (Å²) in [5, 5.41) is 3.38. The molecule has 8 heteroatoms. The van der Waals surface area contributed by atoms with Crippen LogP contribution in [0.1, 0.15) is 6.42 Å². The molecule has 0 amide bonds. The number of nitrogens with one attached hydrogen (secondary N) is 2. The molecule has 0 radical (unpaired) electrons. The molecule has 4 rings (SSSR count). The zero-order chi connectivity index (χ0) is 20.8. The van der Waals surface area contributed by atoms with Crippen molar-refractivity contribution in [2.24, 2.45) is 0 Å². The van der Waals surface area contributed by atoms with Crippen LogP contribution in [0.15, 0.2) is 42.9 Å². The standard InChI is InChI=1S/C22H29N7O/c1-28-12-14-29(15-13-28)11-3-8-25-22-26-16-19(21-23-9-10-24-21)20(27-22)17-4-6-18(30-2)7-5-17/h4-7,9-10,16H,3,8,11-15H2,1-2H3,(H,23,24)(H,25,26,27). The summed E-state index contributed by atoms with van der Waals surface area (Å²) in [4.78, 5) is 21.8. The lowest BCUT2D eigenvalue weighted by Gasteiger charge is -2.32. The number of ether oxygens (including phenoxy) is 1. The van der Waals surface area contributed by atoms with Crippen molar-refractivity contribution in [3.8, 4) is 28.4 Å². The van der Waals surface area contributed by atoms with Crippen molar-refractivity contribution in [1.29, 1.82) is 0 Å². The van der Waals surface area contributed by atoms with Crippen molar-refractivity contribution in [3.63, 3.8) is 0 Å². The van der Waals surface area contributed by atoms with E-state index < -0.39 is 0 Å². The van der Waals surface area contributed by atoms with E-state index in [1.165, 1.54) is 0 Å². The fourth-order valence-corrected chi connectivity index (χ4v) is 3.60. The van der Waals surface area contributed by atoms with E-state index in [0.29, 0.717) is 5.95 Å². The van der Waals surface area contributed by atoms with E-state index in [-0.39, 0.29) is 0 Å². The number of imidazole rings is 1. The van der Waals surface area contributed by atoms with Crippen LogP contribution in [-0.4, -0.2) is 83.2 Å². The number of hydrogen-bond donors (Lipinski definition) is 2. The number of anilines is 1. The molecule has 1 aromatic carbocycles. The number of aromatic nitrogens is 4. The second-order valence-electron chi connectivity index (χ2n) is 7.55. The van der Waals surface area contributed by atoms with Crippen LogP contribution in [0.5, 0.6) is 5.75 Å². The Bertz CT molecular complexity index is 919. The Labute approximate surface area is 177 Å². The Balaban J connectivity index is 1.45. The van der Waals surface area contributed by atoms with E-state index in [1.807, 2.05) is 30.5 Å². The Hall–Kier alpha value is -2.97. The minimum atomic E-state index is 0.634. The van der Waals surface area contributed by atoms with E-state index in [2.05, 4.69) is 37.1 Å². The summed E-state index contributed by atoms with van der Waals surface area (Å²) >= 11 is 0. The lowest BCUT2D eigenvalue weighted by atomic mass is 10.1. The SMILES string of the molecule is COc1ccc(-c2nc(NCCCN3CCN(C)CC3)ncc2-c2ncc[nH]2)cc1. The Morgan fingerprint density at radius 3 is 2.60 bits per heavy atom. The van der Waals surface area contributed by atoms with Gasteiger partial charge in [0.25, 0.3) is 0 Å². The first-order valence-corrected chi connectivity index (χ1v) is 10.4. The summed E-state index contributed by atoms with van der Waals surface area (Å²) in [6, 6.07) is 7.88. The molecule has 30 heavy (non-hydrogen) atoms. The maximum Gasteiger partial charge on any atom is 0.223 e. The first-order chi connectivity index (χ1) is 14.7. The number of nitrogens with zero attached hydrogens (tertiary/aromatic N) is 5. The van der Waals surface area contributed by atoms with Crippen LogP contribution in [0.25, 0.3) is 22.6 Å². The van der Waals surface area contributed by atoms with Gasteiger partial charge in [-0.1, -0.05) is 0 Å². The largest absolute Gasteiger partial charge is 0.497 e. The van der Waals surface area contributed by atoms with E-state index in [1.54, 1.807) is 19.5 Å². The number of methoxy groups -OCH3 is 1. The minimum Gasteiger partial charge on any atom is -0.497 e. The third kappa shape index (κ3) is 4.95. The summed E-state index contributed by atoms with van der Waals surface area (Å²) in [6.07, 6.45) is 6.42. The van der Waals surface area contributed by atoms with Gasteiger partial charge in [-0.3, -0.25) is 0 Å². The van der Waals surface area contributed by atoms with Gasteiger partial charge in [0.05, 0.1) is 18.4 Å². The summed E-state index contributed by atoms with van der Waals surface area (Å²) in [5.74, 6) is 2.20. The number of aromatic amines is 1. The van der Waals surface area contributed by atoms with Crippen LogP contribution in [0, 0.1) is 0 Å². The summed E-state index contributed by atoms with van der Waals surface area (Å²) < 4.78 is 5.28.